The minimum Gasteiger partial charge on any atom is -0.497 e. The van der Waals surface area contributed by atoms with Gasteiger partial charge < -0.3 is 20.7 Å². The third-order valence-corrected chi connectivity index (χ3v) is 7.62. The Hall–Kier alpha value is -5.50. The lowest BCUT2D eigenvalue weighted by atomic mass is 9.97. The van der Waals surface area contributed by atoms with Crippen LogP contribution in [0.5, 0.6) is 5.75 Å². The second-order valence-electron chi connectivity index (χ2n) is 11.3. The molecule has 0 atom stereocenters. The number of methoxy groups -OCH3 is 1. The van der Waals surface area contributed by atoms with E-state index in [2.05, 4.69) is 28.5 Å². The number of ether oxygens (including phenoxy) is 1. The molecule has 8 heteroatoms. The van der Waals surface area contributed by atoms with Crippen molar-refractivity contribution < 1.29 is 19.1 Å². The number of hydrogen-bond donors (Lipinski definition) is 2. The third-order valence-electron chi connectivity index (χ3n) is 7.62. The normalized spacial score (nSPS) is 10.8. The van der Waals surface area contributed by atoms with Crippen LogP contribution >= 0.6 is 0 Å². The van der Waals surface area contributed by atoms with Crippen LogP contribution < -0.4 is 15.8 Å². The molecule has 5 rings (SSSR count). The number of nitrogens with one attached hydrogen (secondary N) is 1. The van der Waals surface area contributed by atoms with Crippen molar-refractivity contribution in [1.29, 1.82) is 0 Å². The van der Waals surface area contributed by atoms with Gasteiger partial charge in [0.1, 0.15) is 11.5 Å². The van der Waals surface area contributed by atoms with E-state index in [1.165, 1.54) is 6.20 Å². The molecule has 228 valence electrons. The van der Waals surface area contributed by atoms with Crippen LogP contribution in [0, 0.1) is 6.92 Å². The Balaban J connectivity index is 1.41. The minimum atomic E-state index is -0.574. The number of nitrogens with zero attached hydrogens (tertiary/aromatic N) is 2. The second-order valence-corrected chi connectivity index (χ2v) is 11.3. The van der Waals surface area contributed by atoms with E-state index in [1.54, 1.807) is 38.1 Å². The summed E-state index contributed by atoms with van der Waals surface area (Å²) in [5.41, 5.74) is 13.7. The summed E-state index contributed by atoms with van der Waals surface area (Å²) in [5, 5.41) is 4.17. The lowest BCUT2D eigenvalue weighted by Crippen LogP contribution is -2.26. The zero-order chi connectivity index (χ0) is 32.1. The molecule has 0 saturated carbocycles. The number of nitrogens with two attached hydrogens (primary N) is 1. The quantitative estimate of drug-likeness (QED) is 0.182. The van der Waals surface area contributed by atoms with Crippen molar-refractivity contribution in [3.8, 4) is 5.75 Å². The fourth-order valence-electron chi connectivity index (χ4n) is 5.57. The van der Waals surface area contributed by atoms with Crippen molar-refractivity contribution in [1.82, 2.24) is 9.88 Å². The SMILES string of the molecule is COc1cccc(Nc2c(C(N)=O)cnc3c(C)cc(Cc4cccc(CN(C)C(=O)c5cccc(CC(C)=O)c5)c4)cc23)c1. The molecule has 0 aliphatic carbocycles. The molecule has 0 radical (unpaired) electrons. The molecule has 8 nitrogen and oxygen atoms in total. The number of primary amides is 1. The Morgan fingerprint density at radius 2 is 1.62 bits per heavy atom. The molecule has 0 saturated heterocycles. The summed E-state index contributed by atoms with van der Waals surface area (Å²) in [4.78, 5) is 43.4. The van der Waals surface area contributed by atoms with E-state index in [0.717, 1.165) is 44.4 Å². The first-order valence-electron chi connectivity index (χ1n) is 14.7. The Kier molecular flexibility index (Phi) is 9.23. The van der Waals surface area contributed by atoms with Crippen molar-refractivity contribution >= 4 is 39.9 Å². The van der Waals surface area contributed by atoms with Gasteiger partial charge in [-0.05, 0) is 78.4 Å². The van der Waals surface area contributed by atoms with Crippen LogP contribution in [0.4, 0.5) is 11.4 Å². The van der Waals surface area contributed by atoms with Gasteiger partial charge in [-0.2, -0.15) is 0 Å². The first-order valence-corrected chi connectivity index (χ1v) is 14.7. The van der Waals surface area contributed by atoms with Crippen molar-refractivity contribution in [3.63, 3.8) is 0 Å². The fourth-order valence-corrected chi connectivity index (χ4v) is 5.57. The average Bonchev–Trinajstić information content (AvgIpc) is 3.01. The molecule has 3 N–H and O–H groups in total. The van der Waals surface area contributed by atoms with Crippen molar-refractivity contribution in [2.75, 3.05) is 19.5 Å². The number of rotatable bonds is 11. The zero-order valence-corrected chi connectivity index (χ0v) is 25.9. The van der Waals surface area contributed by atoms with Crippen molar-refractivity contribution in [2.24, 2.45) is 5.73 Å². The van der Waals surface area contributed by atoms with Crippen LogP contribution in [-0.2, 0) is 24.2 Å². The standard InChI is InChI=1S/C37H36N4O4/c1-23-14-28(19-32-34(23)39-21-33(36(38)43)35(32)40-30-12-7-13-31(20-30)45-4)17-26-8-5-10-27(16-26)22-41(3)37(44)29-11-6-9-25(18-29)15-24(2)42/h5-14,16,18-21H,15,17,22H2,1-4H3,(H2,38,43)(H,39,40). The summed E-state index contributed by atoms with van der Waals surface area (Å²) >= 11 is 0. The first kappa shape index (κ1) is 30.9. The Bertz CT molecular complexity index is 1920. The molecule has 0 spiro atoms. The van der Waals surface area contributed by atoms with Crippen LogP contribution in [-0.4, -0.2) is 41.6 Å². The van der Waals surface area contributed by atoms with E-state index in [1.807, 2.05) is 61.5 Å². The maximum atomic E-state index is 13.2. The van der Waals surface area contributed by atoms with Gasteiger partial charge in [-0.1, -0.05) is 48.5 Å². The van der Waals surface area contributed by atoms with Crippen LogP contribution in [0.25, 0.3) is 10.9 Å². The molecule has 1 heterocycles. The number of Topliss-reactive ketones (excluding diaryl/α,β-unsaturated/α-hetero) is 1. The monoisotopic (exact) mass is 600 g/mol. The largest absolute Gasteiger partial charge is 0.497 e. The van der Waals surface area contributed by atoms with E-state index in [0.29, 0.717) is 42.0 Å². The van der Waals surface area contributed by atoms with Gasteiger partial charge in [0.05, 0.1) is 23.9 Å². The van der Waals surface area contributed by atoms with E-state index < -0.39 is 5.91 Å². The lowest BCUT2D eigenvalue weighted by Gasteiger charge is -2.18. The molecule has 0 fully saturated rings. The summed E-state index contributed by atoms with van der Waals surface area (Å²) in [7, 11) is 3.38. The predicted molar refractivity (Wildman–Crippen MR) is 177 cm³/mol. The lowest BCUT2D eigenvalue weighted by molar-refractivity contribution is -0.116. The number of aryl methyl sites for hydroxylation is 1. The summed E-state index contributed by atoms with van der Waals surface area (Å²) in [5.74, 6) is 0.0597. The smallest absolute Gasteiger partial charge is 0.253 e. The van der Waals surface area contributed by atoms with Gasteiger partial charge in [-0.25, -0.2) is 0 Å². The van der Waals surface area contributed by atoms with Crippen LogP contribution in [0.1, 0.15) is 55.5 Å². The van der Waals surface area contributed by atoms with Gasteiger partial charge in [0.2, 0.25) is 0 Å². The molecule has 1 aromatic heterocycles. The molecule has 0 unspecified atom stereocenters. The number of carbonyl (C=O) groups excluding carboxylic acids is 3. The molecule has 5 aromatic rings. The van der Waals surface area contributed by atoms with E-state index >= 15 is 0 Å². The van der Waals surface area contributed by atoms with E-state index in [9.17, 15) is 14.4 Å². The average molecular weight is 601 g/mol. The summed E-state index contributed by atoms with van der Waals surface area (Å²) in [6.45, 7) is 3.97. The number of carbonyl (C=O) groups is 3. The number of aromatic nitrogens is 1. The van der Waals surface area contributed by atoms with Gasteiger partial charge in [-0.15, -0.1) is 0 Å². The molecule has 0 aliphatic rings. The molecule has 0 bridgehead atoms. The maximum absolute atomic E-state index is 13.2. The molecule has 4 aromatic carbocycles. The van der Waals surface area contributed by atoms with Crippen molar-refractivity contribution in [2.45, 2.75) is 33.2 Å². The Morgan fingerprint density at radius 1 is 0.889 bits per heavy atom. The number of benzene rings is 4. The Labute approximate surface area is 262 Å². The summed E-state index contributed by atoms with van der Waals surface area (Å²) in [6.07, 6.45) is 2.45. The molecular weight excluding hydrogens is 564 g/mol. The number of pyridine rings is 1. The Morgan fingerprint density at radius 3 is 2.38 bits per heavy atom. The van der Waals surface area contributed by atoms with Crippen LogP contribution in [0.15, 0.2) is 91.1 Å². The maximum Gasteiger partial charge on any atom is 0.253 e. The van der Waals surface area contributed by atoms with Gasteiger partial charge in [-0.3, -0.25) is 19.4 Å². The van der Waals surface area contributed by atoms with Gasteiger partial charge in [0.25, 0.3) is 11.8 Å². The molecule has 0 aliphatic heterocycles. The summed E-state index contributed by atoms with van der Waals surface area (Å²) < 4.78 is 5.37. The second kappa shape index (κ2) is 13.4. The highest BCUT2D eigenvalue weighted by molar-refractivity contribution is 6.08. The number of anilines is 2. The van der Waals surface area contributed by atoms with Crippen molar-refractivity contribution in [3.05, 3.63) is 130 Å². The number of ketones is 1. The number of fused-ring (bicyclic) bond motifs is 1. The minimum absolute atomic E-state index is 0.0558. The molecular formula is C37H36N4O4. The highest BCUT2D eigenvalue weighted by Crippen LogP contribution is 2.33. The van der Waals surface area contributed by atoms with E-state index in [-0.39, 0.29) is 11.7 Å². The van der Waals surface area contributed by atoms with Gasteiger partial charge >= 0.3 is 0 Å². The fraction of sp³-hybridized carbons (Fsp3) is 0.189. The molecule has 2 amide bonds. The van der Waals surface area contributed by atoms with Gasteiger partial charge in [0.15, 0.2) is 0 Å². The summed E-state index contributed by atoms with van der Waals surface area (Å²) in [6, 6.07) is 27.0. The number of amides is 2. The predicted octanol–water partition coefficient (Wildman–Crippen LogP) is 6.39. The zero-order valence-electron chi connectivity index (χ0n) is 25.9. The number of hydrogen-bond acceptors (Lipinski definition) is 6. The van der Waals surface area contributed by atoms with E-state index in [4.69, 9.17) is 10.5 Å². The van der Waals surface area contributed by atoms with Crippen LogP contribution in [0.3, 0.4) is 0 Å². The highest BCUT2D eigenvalue weighted by Gasteiger charge is 2.17. The third kappa shape index (κ3) is 7.36. The van der Waals surface area contributed by atoms with Crippen LogP contribution in [0.2, 0.25) is 0 Å². The highest BCUT2D eigenvalue weighted by atomic mass is 16.5. The van der Waals surface area contributed by atoms with Gasteiger partial charge in [0, 0.05) is 48.9 Å². The topological polar surface area (TPSA) is 115 Å². The first-order chi connectivity index (χ1) is 21.6. The molecule has 45 heavy (non-hydrogen) atoms.